The molecule has 2 aliphatic heterocycles. The Morgan fingerprint density at radius 1 is 0.879 bits per heavy atom. The highest BCUT2D eigenvalue weighted by Crippen LogP contribution is 2.39. The van der Waals surface area contributed by atoms with E-state index in [2.05, 4.69) is 87.5 Å². The molecule has 0 aliphatic carbocycles. The van der Waals surface area contributed by atoms with Crippen LogP contribution in [-0.2, 0) is 5.41 Å². The van der Waals surface area contributed by atoms with Crippen molar-refractivity contribution < 1.29 is 9.53 Å². The molecule has 3 heteroatoms. The first kappa shape index (κ1) is 21.5. The zero-order chi connectivity index (χ0) is 23.1. The molecule has 1 amide bonds. The predicted octanol–water partition coefficient (Wildman–Crippen LogP) is 6.73. The van der Waals surface area contributed by atoms with Crippen LogP contribution in [0.4, 0.5) is 0 Å². The first-order chi connectivity index (χ1) is 15.8. The van der Waals surface area contributed by atoms with Crippen molar-refractivity contribution in [1.29, 1.82) is 0 Å². The number of hydrogen-bond acceptors (Lipinski definition) is 2. The smallest absolute Gasteiger partial charge is 0.253 e. The molecule has 3 aromatic carbocycles. The van der Waals surface area contributed by atoms with Gasteiger partial charge in [0.25, 0.3) is 5.91 Å². The summed E-state index contributed by atoms with van der Waals surface area (Å²) in [5.41, 5.74) is 5.27. The van der Waals surface area contributed by atoms with Crippen LogP contribution in [0.5, 0.6) is 5.75 Å². The summed E-state index contributed by atoms with van der Waals surface area (Å²) in [6, 6.07) is 24.9. The van der Waals surface area contributed by atoms with Gasteiger partial charge in [0.05, 0.1) is 0 Å². The number of hydrogen-bond donors (Lipinski definition) is 0. The molecular weight excluding hydrogens is 406 g/mol. The van der Waals surface area contributed by atoms with Gasteiger partial charge in [-0.25, -0.2) is 0 Å². The highest BCUT2D eigenvalue weighted by molar-refractivity contribution is 5.94. The maximum Gasteiger partial charge on any atom is 0.253 e. The lowest BCUT2D eigenvalue weighted by atomic mass is 9.86. The monoisotopic (exact) mass is 437 g/mol. The molecule has 3 aromatic rings. The Kier molecular flexibility index (Phi) is 5.36. The molecule has 0 aromatic heterocycles. The summed E-state index contributed by atoms with van der Waals surface area (Å²) in [5.74, 6) is 1.03. The van der Waals surface area contributed by atoms with Gasteiger partial charge < -0.3 is 9.64 Å². The number of amides is 1. The van der Waals surface area contributed by atoms with Gasteiger partial charge in [-0.1, -0.05) is 75.4 Å². The van der Waals surface area contributed by atoms with Gasteiger partial charge in [0, 0.05) is 37.1 Å². The van der Waals surface area contributed by atoms with E-state index in [0.717, 1.165) is 29.7 Å². The van der Waals surface area contributed by atoms with Gasteiger partial charge in [-0.05, 0) is 52.4 Å². The summed E-state index contributed by atoms with van der Waals surface area (Å²) in [7, 11) is 0. The summed E-state index contributed by atoms with van der Waals surface area (Å²) in [6.07, 6.45) is 5.99. The fourth-order valence-electron chi connectivity index (χ4n) is 4.73. The zero-order valence-corrected chi connectivity index (χ0v) is 19.7. The number of carbonyl (C=O) groups is 1. The van der Waals surface area contributed by atoms with Crippen molar-refractivity contribution in [3.8, 4) is 16.9 Å². The van der Waals surface area contributed by atoms with E-state index in [1.54, 1.807) is 0 Å². The van der Waals surface area contributed by atoms with Crippen LogP contribution in [0, 0.1) is 0 Å². The van der Waals surface area contributed by atoms with Gasteiger partial charge in [-0.3, -0.25) is 4.79 Å². The van der Waals surface area contributed by atoms with Crippen molar-refractivity contribution in [1.82, 2.24) is 4.90 Å². The van der Waals surface area contributed by atoms with Crippen molar-refractivity contribution in [2.24, 2.45) is 0 Å². The fourth-order valence-corrected chi connectivity index (χ4v) is 4.73. The molecule has 1 saturated heterocycles. The van der Waals surface area contributed by atoms with Gasteiger partial charge in [-0.2, -0.15) is 0 Å². The zero-order valence-electron chi connectivity index (χ0n) is 19.7. The van der Waals surface area contributed by atoms with E-state index in [1.807, 2.05) is 23.1 Å². The maximum atomic E-state index is 13.1. The molecule has 3 nitrogen and oxygen atoms in total. The van der Waals surface area contributed by atoms with Crippen LogP contribution >= 0.6 is 0 Å². The van der Waals surface area contributed by atoms with Crippen LogP contribution in [-0.4, -0.2) is 29.5 Å². The summed E-state index contributed by atoms with van der Waals surface area (Å²) < 4.78 is 6.51. The molecule has 0 unspecified atom stereocenters. The first-order valence-corrected chi connectivity index (χ1v) is 11.8. The number of nitrogens with zero attached hydrogens (tertiary/aromatic N) is 1. The number of likely N-dealkylation sites (tertiary alicyclic amines) is 1. The molecule has 168 valence electrons. The lowest BCUT2D eigenvalue weighted by Gasteiger charge is -2.42. The quantitative estimate of drug-likeness (QED) is 0.445. The van der Waals surface area contributed by atoms with Crippen LogP contribution in [0.3, 0.4) is 0 Å². The third-order valence-electron chi connectivity index (χ3n) is 6.89. The molecule has 0 bridgehead atoms. The van der Waals surface area contributed by atoms with Crippen LogP contribution in [0.25, 0.3) is 17.2 Å². The molecule has 0 radical (unpaired) electrons. The molecule has 1 fully saturated rings. The van der Waals surface area contributed by atoms with Crippen LogP contribution in [0.15, 0.2) is 78.9 Å². The molecular formula is C30H31NO2. The standard InChI is InChI=1S/C30H31NO2/c1-29(2,3)26-12-9-23(10-13-26)28(32)31-19-17-30(18-20-31)16-15-25-21-24(11-14-27(25)33-30)22-7-5-4-6-8-22/h4-16,21H,17-20H2,1-3H3. The lowest BCUT2D eigenvalue weighted by Crippen LogP contribution is -2.49. The average molecular weight is 438 g/mol. The van der Waals surface area contributed by atoms with Crippen LogP contribution in [0.2, 0.25) is 0 Å². The van der Waals surface area contributed by atoms with Gasteiger partial charge >= 0.3 is 0 Å². The summed E-state index contributed by atoms with van der Waals surface area (Å²) in [5, 5.41) is 0. The Balaban J connectivity index is 1.26. The Bertz CT molecular complexity index is 1180. The number of ether oxygens (including phenoxy) is 1. The average Bonchev–Trinajstić information content (AvgIpc) is 2.84. The molecule has 1 spiro atoms. The van der Waals surface area contributed by atoms with E-state index in [0.29, 0.717) is 13.1 Å². The molecule has 2 aliphatic rings. The minimum atomic E-state index is -0.325. The molecule has 0 saturated carbocycles. The molecule has 33 heavy (non-hydrogen) atoms. The fraction of sp³-hybridized carbons (Fsp3) is 0.300. The van der Waals surface area contributed by atoms with Gasteiger partial charge in [0.2, 0.25) is 0 Å². The Morgan fingerprint density at radius 3 is 2.24 bits per heavy atom. The van der Waals surface area contributed by atoms with Gasteiger partial charge in [0.1, 0.15) is 11.4 Å². The minimum Gasteiger partial charge on any atom is -0.482 e. The number of fused-ring (bicyclic) bond motifs is 1. The maximum absolute atomic E-state index is 13.1. The van der Waals surface area contributed by atoms with E-state index in [1.165, 1.54) is 16.7 Å². The normalized spacial score (nSPS) is 16.9. The van der Waals surface area contributed by atoms with Crippen molar-refractivity contribution in [3.05, 3.63) is 95.6 Å². The second-order valence-electron chi connectivity index (χ2n) is 10.2. The summed E-state index contributed by atoms with van der Waals surface area (Å²) >= 11 is 0. The molecule has 0 atom stereocenters. The number of rotatable bonds is 2. The van der Waals surface area contributed by atoms with E-state index in [9.17, 15) is 4.79 Å². The minimum absolute atomic E-state index is 0.0852. The second-order valence-corrected chi connectivity index (χ2v) is 10.2. The number of piperidine rings is 1. The van der Waals surface area contributed by atoms with Crippen molar-refractivity contribution in [2.75, 3.05) is 13.1 Å². The Morgan fingerprint density at radius 2 is 1.58 bits per heavy atom. The number of benzene rings is 3. The molecule has 0 N–H and O–H groups in total. The van der Waals surface area contributed by atoms with E-state index >= 15 is 0 Å². The van der Waals surface area contributed by atoms with Crippen LogP contribution in [0.1, 0.15) is 55.1 Å². The summed E-state index contributed by atoms with van der Waals surface area (Å²) in [4.78, 5) is 15.0. The largest absolute Gasteiger partial charge is 0.482 e. The van der Waals surface area contributed by atoms with Gasteiger partial charge in [-0.15, -0.1) is 0 Å². The van der Waals surface area contributed by atoms with E-state index < -0.39 is 0 Å². The lowest BCUT2D eigenvalue weighted by molar-refractivity contribution is 0.0329. The first-order valence-electron chi connectivity index (χ1n) is 11.8. The topological polar surface area (TPSA) is 29.5 Å². The molecule has 5 rings (SSSR count). The number of carbonyl (C=O) groups excluding carboxylic acids is 1. The van der Waals surface area contributed by atoms with E-state index in [-0.39, 0.29) is 16.9 Å². The SMILES string of the molecule is CC(C)(C)c1ccc(C(=O)N2CCC3(C=Cc4cc(-c5ccccc5)ccc4O3)CC2)cc1. The van der Waals surface area contributed by atoms with E-state index in [4.69, 9.17) is 4.74 Å². The third-order valence-corrected chi connectivity index (χ3v) is 6.89. The third kappa shape index (κ3) is 4.32. The summed E-state index contributed by atoms with van der Waals surface area (Å²) in [6.45, 7) is 7.95. The highest BCUT2D eigenvalue weighted by Gasteiger charge is 2.38. The Labute approximate surface area is 196 Å². The second kappa shape index (κ2) is 8.22. The Hall–Kier alpha value is -3.33. The van der Waals surface area contributed by atoms with Gasteiger partial charge in [0.15, 0.2) is 0 Å². The van der Waals surface area contributed by atoms with Crippen LogP contribution < -0.4 is 4.74 Å². The van der Waals surface area contributed by atoms with Crippen molar-refractivity contribution in [2.45, 2.75) is 44.6 Å². The molecule has 2 heterocycles. The predicted molar refractivity (Wildman–Crippen MR) is 135 cm³/mol. The highest BCUT2D eigenvalue weighted by atomic mass is 16.5. The van der Waals surface area contributed by atoms with Crippen molar-refractivity contribution >= 4 is 12.0 Å². The van der Waals surface area contributed by atoms with Crippen molar-refractivity contribution in [3.63, 3.8) is 0 Å².